The van der Waals surface area contributed by atoms with Crippen molar-refractivity contribution in [1.29, 1.82) is 0 Å². The van der Waals surface area contributed by atoms with Crippen molar-refractivity contribution in [2.45, 2.75) is 12.1 Å². The van der Waals surface area contributed by atoms with Crippen molar-refractivity contribution in [1.82, 2.24) is 20.1 Å². The lowest BCUT2D eigenvalue weighted by Gasteiger charge is -2.27. The molecule has 1 aromatic carbocycles. The lowest BCUT2D eigenvalue weighted by atomic mass is 10.0. The SMILES string of the molecule is CN(C)CCN1C(=S)NC(c2ccccn2)C1c1ccc(-c2ccccc2)o1. The molecule has 144 valence electrons. The quantitative estimate of drug-likeness (QED) is 0.643. The van der Waals surface area contributed by atoms with Crippen molar-refractivity contribution in [3.8, 4) is 11.3 Å². The first-order valence-corrected chi connectivity index (χ1v) is 9.82. The van der Waals surface area contributed by atoms with Crippen LogP contribution >= 0.6 is 12.2 Å². The number of hydrogen-bond acceptors (Lipinski definition) is 4. The third kappa shape index (κ3) is 3.79. The predicted octanol–water partition coefficient (Wildman–Crippen LogP) is 3.88. The molecule has 1 aliphatic rings. The Balaban J connectivity index is 1.70. The number of likely N-dealkylation sites (N-methyl/N-ethyl adjacent to an activating group) is 1. The summed E-state index contributed by atoms with van der Waals surface area (Å²) in [6.45, 7) is 1.72. The van der Waals surface area contributed by atoms with Crippen molar-refractivity contribution in [3.05, 3.63) is 78.3 Å². The fourth-order valence-electron chi connectivity index (χ4n) is 3.53. The van der Waals surface area contributed by atoms with Gasteiger partial charge < -0.3 is 19.5 Å². The van der Waals surface area contributed by atoms with E-state index < -0.39 is 0 Å². The number of hydrogen-bond donors (Lipinski definition) is 1. The number of pyridine rings is 1. The van der Waals surface area contributed by atoms with Gasteiger partial charge in [0.1, 0.15) is 17.6 Å². The van der Waals surface area contributed by atoms with Gasteiger partial charge in [-0.05, 0) is 50.6 Å². The highest BCUT2D eigenvalue weighted by atomic mass is 32.1. The lowest BCUT2D eigenvalue weighted by molar-refractivity contribution is 0.250. The molecule has 0 amide bonds. The van der Waals surface area contributed by atoms with E-state index in [1.54, 1.807) is 0 Å². The van der Waals surface area contributed by atoms with Gasteiger partial charge in [0, 0.05) is 24.8 Å². The second-order valence-electron chi connectivity index (χ2n) is 7.19. The summed E-state index contributed by atoms with van der Waals surface area (Å²) >= 11 is 5.67. The zero-order valence-corrected chi connectivity index (χ0v) is 16.9. The molecule has 28 heavy (non-hydrogen) atoms. The third-order valence-corrected chi connectivity index (χ3v) is 5.31. The molecule has 1 saturated heterocycles. The molecule has 3 aromatic rings. The van der Waals surface area contributed by atoms with Gasteiger partial charge >= 0.3 is 0 Å². The molecule has 0 spiro atoms. The van der Waals surface area contributed by atoms with Gasteiger partial charge in [-0.15, -0.1) is 0 Å². The number of nitrogens with one attached hydrogen (secondary N) is 1. The third-order valence-electron chi connectivity index (χ3n) is 4.96. The Morgan fingerprint density at radius 3 is 2.57 bits per heavy atom. The second kappa shape index (κ2) is 8.12. The zero-order valence-electron chi connectivity index (χ0n) is 16.1. The van der Waals surface area contributed by atoms with Crippen molar-refractivity contribution in [2.24, 2.45) is 0 Å². The van der Waals surface area contributed by atoms with Gasteiger partial charge in [-0.1, -0.05) is 36.4 Å². The summed E-state index contributed by atoms with van der Waals surface area (Å²) in [4.78, 5) is 8.93. The first-order valence-electron chi connectivity index (χ1n) is 9.41. The van der Waals surface area contributed by atoms with E-state index in [2.05, 4.69) is 52.4 Å². The summed E-state index contributed by atoms with van der Waals surface area (Å²) in [5, 5.41) is 4.19. The standard InChI is InChI=1S/C22H24N4OS/c1-25(2)14-15-26-21(20(24-22(26)28)17-10-6-7-13-23-17)19-12-11-18(27-19)16-8-4-3-5-9-16/h3-13,20-21H,14-15H2,1-2H3,(H,24,28). The normalized spacial score (nSPS) is 19.2. The second-order valence-corrected chi connectivity index (χ2v) is 7.58. The molecule has 4 rings (SSSR count). The number of benzene rings is 1. The maximum atomic E-state index is 6.31. The topological polar surface area (TPSA) is 44.5 Å². The highest BCUT2D eigenvalue weighted by Crippen LogP contribution is 2.40. The number of aromatic nitrogens is 1. The minimum Gasteiger partial charge on any atom is -0.459 e. The fourth-order valence-corrected chi connectivity index (χ4v) is 3.86. The van der Waals surface area contributed by atoms with Crippen LogP contribution in [0.5, 0.6) is 0 Å². The van der Waals surface area contributed by atoms with Crippen LogP contribution in [0.4, 0.5) is 0 Å². The lowest BCUT2D eigenvalue weighted by Crippen LogP contribution is -2.35. The molecular weight excluding hydrogens is 368 g/mol. The minimum absolute atomic E-state index is 0.0418. The van der Waals surface area contributed by atoms with Crippen LogP contribution in [0.25, 0.3) is 11.3 Å². The van der Waals surface area contributed by atoms with E-state index in [1.807, 2.05) is 48.7 Å². The van der Waals surface area contributed by atoms with Crippen LogP contribution in [0.3, 0.4) is 0 Å². The minimum atomic E-state index is -0.0503. The summed E-state index contributed by atoms with van der Waals surface area (Å²) < 4.78 is 6.31. The fraction of sp³-hybridized carbons (Fsp3) is 0.273. The van der Waals surface area contributed by atoms with Crippen molar-refractivity contribution >= 4 is 17.3 Å². The van der Waals surface area contributed by atoms with Gasteiger partial charge in [-0.2, -0.15) is 0 Å². The first-order chi connectivity index (χ1) is 13.6. The van der Waals surface area contributed by atoms with E-state index in [-0.39, 0.29) is 12.1 Å². The molecule has 2 aromatic heterocycles. The van der Waals surface area contributed by atoms with E-state index in [1.165, 1.54) is 0 Å². The van der Waals surface area contributed by atoms with Crippen LogP contribution in [0, 0.1) is 0 Å². The molecule has 5 nitrogen and oxygen atoms in total. The molecule has 0 saturated carbocycles. The highest BCUT2D eigenvalue weighted by molar-refractivity contribution is 7.80. The molecule has 0 radical (unpaired) electrons. The Labute approximate surface area is 171 Å². The van der Waals surface area contributed by atoms with Crippen LogP contribution in [0.15, 0.2) is 71.3 Å². The number of furan rings is 1. The Morgan fingerprint density at radius 1 is 1.07 bits per heavy atom. The van der Waals surface area contributed by atoms with Gasteiger partial charge in [-0.3, -0.25) is 4.98 Å². The molecule has 0 bridgehead atoms. The average Bonchev–Trinajstić information content (AvgIpc) is 3.32. The van der Waals surface area contributed by atoms with E-state index >= 15 is 0 Å². The van der Waals surface area contributed by atoms with Crippen molar-refractivity contribution in [3.63, 3.8) is 0 Å². The summed E-state index contributed by atoms with van der Waals surface area (Å²) in [6.07, 6.45) is 1.82. The van der Waals surface area contributed by atoms with Gasteiger partial charge in [0.2, 0.25) is 0 Å². The van der Waals surface area contributed by atoms with E-state index in [4.69, 9.17) is 16.6 Å². The molecular formula is C22H24N4OS. The van der Waals surface area contributed by atoms with Crippen LogP contribution in [0.1, 0.15) is 23.5 Å². The molecule has 2 unspecified atom stereocenters. The Kier molecular flexibility index (Phi) is 5.41. The molecule has 6 heteroatoms. The maximum Gasteiger partial charge on any atom is 0.170 e. The van der Waals surface area contributed by atoms with Gasteiger partial charge in [0.25, 0.3) is 0 Å². The summed E-state index contributed by atoms with van der Waals surface area (Å²) in [5.41, 5.74) is 2.02. The van der Waals surface area contributed by atoms with Gasteiger partial charge in [-0.25, -0.2) is 0 Å². The van der Waals surface area contributed by atoms with Gasteiger partial charge in [0.15, 0.2) is 5.11 Å². The predicted molar refractivity (Wildman–Crippen MR) is 115 cm³/mol. The summed E-state index contributed by atoms with van der Waals surface area (Å²) in [6, 6.07) is 20.1. The Bertz CT molecular complexity index is 926. The van der Waals surface area contributed by atoms with Gasteiger partial charge in [0.05, 0.1) is 11.7 Å². The Hall–Kier alpha value is -2.70. The monoisotopic (exact) mass is 392 g/mol. The molecule has 1 aliphatic heterocycles. The first kappa shape index (κ1) is 18.7. The largest absolute Gasteiger partial charge is 0.459 e. The summed E-state index contributed by atoms with van der Waals surface area (Å²) in [7, 11) is 4.14. The average molecular weight is 393 g/mol. The summed E-state index contributed by atoms with van der Waals surface area (Å²) in [5.74, 6) is 1.75. The highest BCUT2D eigenvalue weighted by Gasteiger charge is 2.41. The van der Waals surface area contributed by atoms with E-state index in [0.29, 0.717) is 0 Å². The smallest absolute Gasteiger partial charge is 0.170 e. The van der Waals surface area contributed by atoms with Crippen LogP contribution in [-0.2, 0) is 0 Å². The number of rotatable bonds is 6. The molecule has 2 atom stereocenters. The van der Waals surface area contributed by atoms with E-state index in [9.17, 15) is 0 Å². The molecule has 0 aliphatic carbocycles. The van der Waals surface area contributed by atoms with Crippen LogP contribution in [-0.4, -0.2) is 47.1 Å². The molecule has 1 fully saturated rings. The van der Waals surface area contributed by atoms with Crippen LogP contribution < -0.4 is 5.32 Å². The number of nitrogens with zero attached hydrogens (tertiary/aromatic N) is 3. The number of thiocarbonyl (C=S) groups is 1. The molecule has 3 heterocycles. The molecule has 1 N–H and O–H groups in total. The van der Waals surface area contributed by atoms with E-state index in [0.717, 1.165) is 41.0 Å². The van der Waals surface area contributed by atoms with Crippen molar-refractivity contribution in [2.75, 3.05) is 27.2 Å². The maximum absolute atomic E-state index is 6.31. The Morgan fingerprint density at radius 2 is 1.86 bits per heavy atom. The van der Waals surface area contributed by atoms with Crippen LogP contribution in [0.2, 0.25) is 0 Å². The zero-order chi connectivity index (χ0) is 19.5. The van der Waals surface area contributed by atoms with Crippen molar-refractivity contribution < 1.29 is 4.42 Å².